The quantitative estimate of drug-likeness (QED) is 0.862. The van der Waals surface area contributed by atoms with Gasteiger partial charge in [-0.2, -0.15) is 5.10 Å². The molecular weight excluding hydrogens is 300 g/mol. The van der Waals surface area contributed by atoms with E-state index in [4.69, 9.17) is 0 Å². The molecule has 1 atom stereocenters. The first-order valence-corrected chi connectivity index (χ1v) is 6.72. The zero-order chi connectivity index (χ0) is 13.1. The fourth-order valence-electron chi connectivity index (χ4n) is 1.89. The Morgan fingerprint density at radius 2 is 2.39 bits per heavy atom. The molecule has 0 bridgehead atoms. The van der Waals surface area contributed by atoms with E-state index in [0.717, 1.165) is 12.8 Å². The number of halogens is 1. The minimum atomic E-state index is -0.297. The zero-order valence-corrected chi connectivity index (χ0v) is 11.7. The molecule has 0 radical (unpaired) electrons. The van der Waals surface area contributed by atoms with Crippen molar-refractivity contribution in [3.63, 3.8) is 0 Å². The van der Waals surface area contributed by atoms with Gasteiger partial charge in [-0.05, 0) is 35.7 Å². The summed E-state index contributed by atoms with van der Waals surface area (Å²) in [6, 6.07) is -0.297. The maximum absolute atomic E-state index is 11.9. The van der Waals surface area contributed by atoms with E-state index in [1.165, 1.54) is 4.68 Å². The molecule has 1 amide bonds. The molecule has 1 aliphatic heterocycles. The number of hydrogen-bond donors (Lipinski definition) is 2. The molecule has 2 heterocycles. The lowest BCUT2D eigenvalue weighted by molar-refractivity contribution is -0.123. The van der Waals surface area contributed by atoms with Gasteiger partial charge >= 0.3 is 0 Å². The molecular formula is C11H15BrN4O2. The largest absolute Gasteiger partial charge is 0.371 e. The monoisotopic (exact) mass is 314 g/mol. The molecule has 98 valence electrons. The molecule has 1 aromatic heterocycles. The average molecular weight is 315 g/mol. The number of hydrogen-bond acceptors (Lipinski definition) is 4. The van der Waals surface area contributed by atoms with Crippen molar-refractivity contribution in [1.29, 1.82) is 0 Å². The second-order valence-electron chi connectivity index (χ2n) is 4.12. The number of aromatic nitrogens is 2. The Bertz CT molecular complexity index is 514. The van der Waals surface area contributed by atoms with Crippen LogP contribution >= 0.6 is 15.9 Å². The maximum atomic E-state index is 11.9. The summed E-state index contributed by atoms with van der Waals surface area (Å²) >= 11 is 3.25. The van der Waals surface area contributed by atoms with Gasteiger partial charge in [0, 0.05) is 13.1 Å². The minimum Gasteiger partial charge on any atom is -0.371 e. The van der Waals surface area contributed by atoms with Gasteiger partial charge < -0.3 is 10.6 Å². The molecule has 0 aromatic carbocycles. The van der Waals surface area contributed by atoms with Crippen LogP contribution in [0.25, 0.3) is 0 Å². The number of carbonyl (C=O) groups is 1. The summed E-state index contributed by atoms with van der Waals surface area (Å²) in [5, 5.41) is 9.87. The normalized spacial score (nSPS) is 19.4. The second-order valence-corrected chi connectivity index (χ2v) is 4.92. The van der Waals surface area contributed by atoms with Crippen LogP contribution in [0.4, 0.5) is 5.69 Å². The number of rotatable bonds is 3. The van der Waals surface area contributed by atoms with Gasteiger partial charge in [0.2, 0.25) is 5.91 Å². The molecule has 0 spiro atoms. The summed E-state index contributed by atoms with van der Waals surface area (Å²) in [5.41, 5.74) is 0.366. The molecule has 7 heteroatoms. The minimum absolute atomic E-state index is 0.0344. The molecule has 1 unspecified atom stereocenters. The lowest BCUT2D eigenvalue weighted by Gasteiger charge is -2.24. The van der Waals surface area contributed by atoms with Crippen molar-refractivity contribution in [2.45, 2.75) is 32.4 Å². The number of piperidine rings is 1. The predicted octanol–water partition coefficient (Wildman–Crippen LogP) is 0.716. The van der Waals surface area contributed by atoms with Crippen molar-refractivity contribution in [1.82, 2.24) is 15.1 Å². The van der Waals surface area contributed by atoms with E-state index >= 15 is 0 Å². The lowest BCUT2D eigenvalue weighted by Crippen LogP contribution is -2.44. The second kappa shape index (κ2) is 5.51. The van der Waals surface area contributed by atoms with Gasteiger partial charge in [-0.25, -0.2) is 4.68 Å². The molecule has 6 nitrogen and oxygen atoms in total. The Labute approximate surface area is 113 Å². The van der Waals surface area contributed by atoms with Crippen molar-refractivity contribution in [3.05, 3.63) is 21.0 Å². The van der Waals surface area contributed by atoms with Crippen LogP contribution in [-0.4, -0.2) is 28.3 Å². The van der Waals surface area contributed by atoms with Crippen LogP contribution in [-0.2, 0) is 11.3 Å². The van der Waals surface area contributed by atoms with Gasteiger partial charge in [0.25, 0.3) is 5.56 Å². The Balaban J connectivity index is 2.21. The number of nitrogens with zero attached hydrogens (tertiary/aromatic N) is 2. The van der Waals surface area contributed by atoms with Crippen LogP contribution in [0.1, 0.15) is 19.8 Å². The van der Waals surface area contributed by atoms with Gasteiger partial charge in [-0.1, -0.05) is 0 Å². The van der Waals surface area contributed by atoms with Crippen LogP contribution in [0.2, 0.25) is 0 Å². The average Bonchev–Trinajstić information content (AvgIpc) is 2.38. The zero-order valence-electron chi connectivity index (χ0n) is 10.1. The Morgan fingerprint density at radius 1 is 1.61 bits per heavy atom. The lowest BCUT2D eigenvalue weighted by atomic mass is 10.1. The first-order valence-electron chi connectivity index (χ1n) is 5.93. The molecule has 2 N–H and O–H groups in total. The molecule has 1 aliphatic rings. The molecule has 1 aromatic rings. The number of carbonyl (C=O) groups excluding carboxylic acids is 1. The van der Waals surface area contributed by atoms with Crippen molar-refractivity contribution < 1.29 is 4.79 Å². The van der Waals surface area contributed by atoms with E-state index in [1.807, 2.05) is 6.92 Å². The highest BCUT2D eigenvalue weighted by Crippen LogP contribution is 2.19. The van der Waals surface area contributed by atoms with Gasteiger partial charge in [0.1, 0.15) is 10.5 Å². The van der Waals surface area contributed by atoms with Gasteiger partial charge in [0.15, 0.2) is 0 Å². The van der Waals surface area contributed by atoms with Gasteiger partial charge in [-0.15, -0.1) is 0 Å². The van der Waals surface area contributed by atoms with E-state index in [9.17, 15) is 9.59 Å². The van der Waals surface area contributed by atoms with E-state index in [0.29, 0.717) is 23.2 Å². The Hall–Kier alpha value is -1.37. The SMILES string of the molecule is CCn1ncc(NC2CCCNC2=O)c(Br)c1=O. The number of anilines is 1. The highest BCUT2D eigenvalue weighted by atomic mass is 79.9. The van der Waals surface area contributed by atoms with Crippen LogP contribution in [0.3, 0.4) is 0 Å². The molecule has 0 aliphatic carbocycles. The van der Waals surface area contributed by atoms with E-state index in [1.54, 1.807) is 6.20 Å². The smallest absolute Gasteiger partial charge is 0.283 e. The van der Waals surface area contributed by atoms with Gasteiger partial charge in [-0.3, -0.25) is 9.59 Å². The summed E-state index contributed by atoms with van der Waals surface area (Å²) in [5.74, 6) is -0.0344. The fraction of sp³-hybridized carbons (Fsp3) is 0.545. The summed E-state index contributed by atoms with van der Waals surface area (Å²) in [7, 11) is 0. The van der Waals surface area contributed by atoms with E-state index < -0.39 is 0 Å². The summed E-state index contributed by atoms with van der Waals surface area (Å²) in [6.45, 7) is 3.08. The summed E-state index contributed by atoms with van der Waals surface area (Å²) < 4.78 is 1.77. The summed E-state index contributed by atoms with van der Waals surface area (Å²) in [4.78, 5) is 23.5. The number of aryl methyl sites for hydroxylation is 1. The van der Waals surface area contributed by atoms with Crippen molar-refractivity contribution in [2.24, 2.45) is 0 Å². The standard InChI is InChI=1S/C11H15BrN4O2/c1-2-16-11(18)9(12)8(6-14-16)15-7-4-3-5-13-10(7)17/h6-7,15H,2-5H2,1H3,(H,13,17). The van der Waals surface area contributed by atoms with Crippen molar-refractivity contribution >= 4 is 27.5 Å². The number of amides is 1. The van der Waals surface area contributed by atoms with Crippen LogP contribution in [0.15, 0.2) is 15.5 Å². The number of nitrogens with one attached hydrogen (secondary N) is 2. The van der Waals surface area contributed by atoms with Crippen molar-refractivity contribution in [3.8, 4) is 0 Å². The van der Waals surface area contributed by atoms with E-state index in [2.05, 4.69) is 31.7 Å². The van der Waals surface area contributed by atoms with E-state index in [-0.39, 0.29) is 17.5 Å². The van der Waals surface area contributed by atoms with Crippen molar-refractivity contribution in [2.75, 3.05) is 11.9 Å². The molecule has 2 rings (SSSR count). The molecule has 0 saturated carbocycles. The third kappa shape index (κ3) is 2.55. The maximum Gasteiger partial charge on any atom is 0.283 e. The first kappa shape index (κ1) is 13.1. The third-order valence-electron chi connectivity index (χ3n) is 2.90. The molecule has 18 heavy (non-hydrogen) atoms. The van der Waals surface area contributed by atoms with Crippen LogP contribution < -0.4 is 16.2 Å². The molecule has 1 fully saturated rings. The topological polar surface area (TPSA) is 76.0 Å². The molecule has 1 saturated heterocycles. The predicted molar refractivity (Wildman–Crippen MR) is 71.5 cm³/mol. The van der Waals surface area contributed by atoms with Crippen LogP contribution in [0, 0.1) is 0 Å². The van der Waals surface area contributed by atoms with Gasteiger partial charge in [0.05, 0.1) is 11.9 Å². The van der Waals surface area contributed by atoms with Crippen LogP contribution in [0.5, 0.6) is 0 Å². The summed E-state index contributed by atoms with van der Waals surface area (Å²) in [6.07, 6.45) is 3.26. The highest BCUT2D eigenvalue weighted by molar-refractivity contribution is 9.10. The third-order valence-corrected chi connectivity index (χ3v) is 3.67. The Morgan fingerprint density at radius 3 is 3.06 bits per heavy atom. The Kier molecular flexibility index (Phi) is 4.00. The first-order chi connectivity index (χ1) is 8.63. The highest BCUT2D eigenvalue weighted by Gasteiger charge is 2.23. The fourth-order valence-corrected chi connectivity index (χ4v) is 2.31.